The predicted octanol–water partition coefficient (Wildman–Crippen LogP) is 2.37. The number of piperidine rings is 1. The van der Waals surface area contributed by atoms with Gasteiger partial charge in [0, 0.05) is 22.7 Å². The standard InChI is InChI=1S/C21H28FN3O3/c1-5-28-21(27)19-18(16-9-15(22)6-7-17(16)23-19)24-20(26)14(4)25-10-12(2)8-13(3)11-25/h6-7,9,12-14,23H,5,8,10-11H2,1-4H3,(H,24,26)/p+1/t12-,13-,14-/m0/s1. The second kappa shape index (κ2) is 8.31. The van der Waals surface area contributed by atoms with Crippen LogP contribution in [0, 0.1) is 17.7 Å². The number of anilines is 1. The SMILES string of the molecule is CCOC(=O)c1[nH]c2ccc(F)cc2c1NC(=O)[C@H](C)[NH+]1C[C@@H](C)C[C@H](C)C1. The van der Waals surface area contributed by atoms with Crippen LogP contribution in [0.2, 0.25) is 0 Å². The first-order chi connectivity index (χ1) is 13.3. The molecule has 1 saturated heterocycles. The minimum atomic E-state index is -0.574. The summed E-state index contributed by atoms with van der Waals surface area (Å²) in [6, 6.07) is 3.89. The summed E-state index contributed by atoms with van der Waals surface area (Å²) in [5.41, 5.74) is 0.987. The van der Waals surface area contributed by atoms with Crippen molar-refractivity contribution in [1.82, 2.24) is 4.98 Å². The zero-order valence-corrected chi connectivity index (χ0v) is 16.9. The molecule has 3 rings (SSSR count). The fourth-order valence-corrected chi connectivity index (χ4v) is 4.25. The maximum absolute atomic E-state index is 13.8. The molecule has 2 aromatic rings. The molecular weight excluding hydrogens is 361 g/mol. The smallest absolute Gasteiger partial charge is 0.356 e. The number of carbonyl (C=O) groups excluding carboxylic acids is 2. The number of quaternary nitrogens is 1. The molecule has 3 N–H and O–H groups in total. The third-order valence-electron chi connectivity index (χ3n) is 5.52. The van der Waals surface area contributed by atoms with Crippen molar-refractivity contribution in [1.29, 1.82) is 0 Å². The highest BCUT2D eigenvalue weighted by Gasteiger charge is 2.33. The van der Waals surface area contributed by atoms with Crippen molar-refractivity contribution in [3.63, 3.8) is 0 Å². The number of nitrogens with one attached hydrogen (secondary N) is 3. The summed E-state index contributed by atoms with van der Waals surface area (Å²) in [6.45, 7) is 10.1. The first-order valence-electron chi connectivity index (χ1n) is 9.93. The number of amides is 1. The monoisotopic (exact) mass is 390 g/mol. The number of H-pyrrole nitrogens is 1. The van der Waals surface area contributed by atoms with Gasteiger partial charge in [-0.3, -0.25) is 4.79 Å². The number of likely N-dealkylation sites (tertiary alicyclic amines) is 1. The van der Waals surface area contributed by atoms with Crippen molar-refractivity contribution in [3.05, 3.63) is 29.7 Å². The fraction of sp³-hybridized carbons (Fsp3) is 0.524. The van der Waals surface area contributed by atoms with Gasteiger partial charge in [0.1, 0.15) is 11.5 Å². The van der Waals surface area contributed by atoms with Gasteiger partial charge < -0.3 is 19.9 Å². The van der Waals surface area contributed by atoms with E-state index in [1.165, 1.54) is 23.5 Å². The van der Waals surface area contributed by atoms with E-state index in [4.69, 9.17) is 4.74 Å². The fourth-order valence-electron chi connectivity index (χ4n) is 4.25. The number of esters is 1. The van der Waals surface area contributed by atoms with E-state index in [1.807, 2.05) is 6.92 Å². The van der Waals surface area contributed by atoms with Crippen LogP contribution in [0.25, 0.3) is 10.9 Å². The van der Waals surface area contributed by atoms with Gasteiger partial charge in [-0.05, 0) is 38.5 Å². The molecule has 0 aliphatic carbocycles. The van der Waals surface area contributed by atoms with E-state index in [-0.39, 0.29) is 29.9 Å². The number of hydrogen-bond acceptors (Lipinski definition) is 3. The van der Waals surface area contributed by atoms with Crippen LogP contribution >= 0.6 is 0 Å². The van der Waals surface area contributed by atoms with Crippen LogP contribution in [-0.4, -0.2) is 42.6 Å². The van der Waals surface area contributed by atoms with E-state index in [0.29, 0.717) is 22.7 Å². The number of hydrogen-bond donors (Lipinski definition) is 3. The highest BCUT2D eigenvalue weighted by atomic mass is 19.1. The van der Waals surface area contributed by atoms with Crippen molar-refractivity contribution in [3.8, 4) is 0 Å². The topological polar surface area (TPSA) is 75.6 Å². The summed E-state index contributed by atoms with van der Waals surface area (Å²) in [4.78, 5) is 29.5. The van der Waals surface area contributed by atoms with Crippen LogP contribution in [-0.2, 0) is 9.53 Å². The number of ether oxygens (including phenoxy) is 1. The van der Waals surface area contributed by atoms with Gasteiger partial charge in [-0.25, -0.2) is 9.18 Å². The van der Waals surface area contributed by atoms with Gasteiger partial charge in [-0.2, -0.15) is 0 Å². The summed E-state index contributed by atoms with van der Waals surface area (Å²) in [5.74, 6) is -0.0750. The molecule has 6 nitrogen and oxygen atoms in total. The lowest BCUT2D eigenvalue weighted by Gasteiger charge is -2.35. The van der Waals surface area contributed by atoms with E-state index in [9.17, 15) is 14.0 Å². The molecule has 0 bridgehead atoms. The first-order valence-corrected chi connectivity index (χ1v) is 9.93. The summed E-state index contributed by atoms with van der Waals surface area (Å²) in [5, 5.41) is 3.33. The second-order valence-corrected chi connectivity index (χ2v) is 8.01. The van der Waals surface area contributed by atoms with Crippen molar-refractivity contribution >= 4 is 28.5 Å². The van der Waals surface area contributed by atoms with Crippen LogP contribution in [0.1, 0.15) is 44.6 Å². The Kier molecular flexibility index (Phi) is 6.03. The average Bonchev–Trinajstić information content (AvgIpc) is 2.98. The molecule has 28 heavy (non-hydrogen) atoms. The highest BCUT2D eigenvalue weighted by molar-refractivity contribution is 6.11. The number of aromatic nitrogens is 1. The van der Waals surface area contributed by atoms with E-state index >= 15 is 0 Å². The lowest BCUT2D eigenvalue weighted by molar-refractivity contribution is -0.925. The van der Waals surface area contributed by atoms with Crippen molar-refractivity contribution < 1.29 is 23.6 Å². The predicted molar refractivity (Wildman–Crippen MR) is 106 cm³/mol. The molecule has 1 aliphatic rings. The maximum Gasteiger partial charge on any atom is 0.356 e. The minimum absolute atomic E-state index is 0.137. The molecule has 1 fully saturated rings. The van der Waals surface area contributed by atoms with Gasteiger partial charge in [-0.1, -0.05) is 13.8 Å². The molecule has 152 valence electrons. The molecule has 3 atom stereocenters. The van der Waals surface area contributed by atoms with E-state index in [2.05, 4.69) is 24.1 Å². The number of rotatable bonds is 5. The van der Waals surface area contributed by atoms with E-state index in [1.54, 1.807) is 13.0 Å². The minimum Gasteiger partial charge on any atom is -0.461 e. The second-order valence-electron chi connectivity index (χ2n) is 8.01. The largest absolute Gasteiger partial charge is 0.461 e. The normalized spacial score (nSPS) is 23.4. The number of fused-ring (bicyclic) bond motifs is 1. The zero-order valence-electron chi connectivity index (χ0n) is 16.9. The molecule has 0 spiro atoms. The molecular formula is C21H29FN3O3+. The van der Waals surface area contributed by atoms with Gasteiger partial charge in [0.05, 0.1) is 25.4 Å². The molecule has 1 aliphatic heterocycles. The van der Waals surface area contributed by atoms with Crippen molar-refractivity contribution in [2.75, 3.05) is 25.0 Å². The molecule has 1 aromatic heterocycles. The Morgan fingerprint density at radius 3 is 2.64 bits per heavy atom. The van der Waals surface area contributed by atoms with Gasteiger partial charge in [0.2, 0.25) is 0 Å². The lowest BCUT2D eigenvalue weighted by Crippen LogP contribution is -3.18. The number of benzene rings is 1. The number of carbonyl (C=O) groups is 2. The molecule has 2 heterocycles. The Morgan fingerprint density at radius 2 is 2.00 bits per heavy atom. The Labute approximate surface area is 164 Å². The van der Waals surface area contributed by atoms with Crippen molar-refractivity contribution in [2.24, 2.45) is 11.8 Å². The van der Waals surface area contributed by atoms with E-state index in [0.717, 1.165) is 13.1 Å². The maximum atomic E-state index is 13.8. The van der Waals surface area contributed by atoms with E-state index < -0.39 is 11.8 Å². The molecule has 1 amide bonds. The number of halogens is 1. The average molecular weight is 390 g/mol. The molecule has 0 radical (unpaired) electrons. The van der Waals surface area contributed by atoms with Gasteiger partial charge in [-0.15, -0.1) is 0 Å². The Bertz CT molecular complexity index is 869. The zero-order chi connectivity index (χ0) is 20.4. The Morgan fingerprint density at radius 1 is 1.32 bits per heavy atom. The third-order valence-corrected chi connectivity index (χ3v) is 5.52. The quantitative estimate of drug-likeness (QED) is 0.686. The van der Waals surface area contributed by atoms with Crippen LogP contribution in [0.5, 0.6) is 0 Å². The highest BCUT2D eigenvalue weighted by Crippen LogP contribution is 2.29. The molecule has 0 unspecified atom stereocenters. The van der Waals surface area contributed by atoms with Crippen LogP contribution in [0.3, 0.4) is 0 Å². The van der Waals surface area contributed by atoms with Gasteiger partial charge >= 0.3 is 5.97 Å². The third kappa shape index (κ3) is 4.19. The summed E-state index contributed by atoms with van der Waals surface area (Å²) in [7, 11) is 0. The Balaban J connectivity index is 1.89. The Hall–Kier alpha value is -2.41. The summed E-state index contributed by atoms with van der Waals surface area (Å²) >= 11 is 0. The lowest BCUT2D eigenvalue weighted by atomic mass is 9.91. The number of aromatic amines is 1. The summed E-state index contributed by atoms with van der Waals surface area (Å²) < 4.78 is 18.9. The van der Waals surface area contributed by atoms with Crippen LogP contribution in [0.4, 0.5) is 10.1 Å². The van der Waals surface area contributed by atoms with Gasteiger partial charge in [0.25, 0.3) is 5.91 Å². The van der Waals surface area contributed by atoms with Gasteiger partial charge in [0.15, 0.2) is 6.04 Å². The molecule has 0 saturated carbocycles. The summed E-state index contributed by atoms with van der Waals surface area (Å²) in [6.07, 6.45) is 1.17. The van der Waals surface area contributed by atoms with Crippen molar-refractivity contribution in [2.45, 2.75) is 40.2 Å². The van der Waals surface area contributed by atoms with Crippen LogP contribution in [0.15, 0.2) is 18.2 Å². The molecule has 1 aromatic carbocycles. The van der Waals surface area contributed by atoms with Crippen LogP contribution < -0.4 is 10.2 Å². The first kappa shape index (κ1) is 20.3. The molecule has 7 heteroatoms.